The van der Waals surface area contributed by atoms with E-state index in [0.717, 1.165) is 43.5 Å². The number of benzene rings is 4. The van der Waals surface area contributed by atoms with Gasteiger partial charge in [-0.1, -0.05) is 111 Å². The lowest BCUT2D eigenvalue weighted by molar-refractivity contribution is 0.565. The van der Waals surface area contributed by atoms with Crippen molar-refractivity contribution in [1.29, 1.82) is 0 Å². The Balaban J connectivity index is 2.02. The molecule has 4 aromatic rings. The molecule has 4 rings (SSSR count). The molecule has 0 spiro atoms. The molecule has 4 aromatic carbocycles. The molecule has 36 heavy (non-hydrogen) atoms. The maximum absolute atomic E-state index is 15.6. The topological polar surface area (TPSA) is 34.1 Å². The Morgan fingerprint density at radius 1 is 0.417 bits per heavy atom. The molecule has 0 aliphatic heterocycles. The van der Waals surface area contributed by atoms with Gasteiger partial charge in [0.2, 0.25) is 0 Å². The molecular weight excluding hydrogens is 478 g/mol. The standard InChI is InChI=1S/C32H36O2P2/c1-23-15-7-11-19-29(23)35(33,30-20-12-8-16-24(30)2)27(5)28(6)36(34,31-21-13-9-17-25(31)3)32-22-14-10-18-26(32)4/h7-22,27-28H,1-6H3. The Kier molecular flexibility index (Phi) is 7.61. The van der Waals surface area contributed by atoms with Gasteiger partial charge in [-0.05, 0) is 49.9 Å². The van der Waals surface area contributed by atoms with Gasteiger partial charge in [0.25, 0.3) is 0 Å². The zero-order valence-electron chi connectivity index (χ0n) is 22.1. The molecule has 0 bridgehead atoms. The van der Waals surface area contributed by atoms with Crippen molar-refractivity contribution in [2.24, 2.45) is 0 Å². The SMILES string of the molecule is Cc1ccccc1P(=O)(c1ccccc1C)C(C)C(C)P(=O)(c1ccccc1C)c1ccccc1C. The van der Waals surface area contributed by atoms with Crippen molar-refractivity contribution < 1.29 is 9.13 Å². The average Bonchev–Trinajstić information content (AvgIpc) is 2.88. The van der Waals surface area contributed by atoms with Crippen LogP contribution in [0.1, 0.15) is 36.1 Å². The van der Waals surface area contributed by atoms with Crippen LogP contribution in [0.15, 0.2) is 97.1 Å². The molecular formula is C32H36O2P2. The van der Waals surface area contributed by atoms with Gasteiger partial charge >= 0.3 is 0 Å². The van der Waals surface area contributed by atoms with Crippen LogP contribution in [0.5, 0.6) is 0 Å². The number of hydrogen-bond acceptors (Lipinski definition) is 2. The first kappa shape index (κ1) is 26.4. The lowest BCUT2D eigenvalue weighted by atomic mass is 10.2. The molecule has 0 saturated heterocycles. The van der Waals surface area contributed by atoms with Crippen LogP contribution in [-0.2, 0) is 9.13 Å². The number of aryl methyl sites for hydroxylation is 4. The molecule has 0 N–H and O–H groups in total. The van der Waals surface area contributed by atoms with Gasteiger partial charge in [-0.2, -0.15) is 0 Å². The van der Waals surface area contributed by atoms with Gasteiger partial charge in [0.1, 0.15) is 14.3 Å². The first-order chi connectivity index (χ1) is 17.1. The van der Waals surface area contributed by atoms with Crippen LogP contribution in [-0.4, -0.2) is 11.3 Å². The van der Waals surface area contributed by atoms with Crippen molar-refractivity contribution in [3.63, 3.8) is 0 Å². The Hall–Kier alpha value is -2.66. The smallest absolute Gasteiger partial charge is 0.147 e. The summed E-state index contributed by atoms with van der Waals surface area (Å²) in [6, 6.07) is 31.9. The summed E-state index contributed by atoms with van der Waals surface area (Å²) in [7, 11) is -6.37. The molecule has 0 amide bonds. The second kappa shape index (κ2) is 10.4. The molecule has 2 unspecified atom stereocenters. The Morgan fingerprint density at radius 3 is 0.806 bits per heavy atom. The van der Waals surface area contributed by atoms with Gasteiger partial charge in [-0.15, -0.1) is 0 Å². The molecule has 4 heteroatoms. The van der Waals surface area contributed by atoms with E-state index in [9.17, 15) is 0 Å². The van der Waals surface area contributed by atoms with Crippen molar-refractivity contribution >= 4 is 35.5 Å². The first-order valence-corrected chi connectivity index (χ1v) is 16.1. The molecule has 0 aromatic heterocycles. The third-order valence-electron chi connectivity index (χ3n) is 7.74. The monoisotopic (exact) mass is 514 g/mol. The maximum Gasteiger partial charge on any atom is 0.147 e. The van der Waals surface area contributed by atoms with Crippen molar-refractivity contribution in [1.82, 2.24) is 0 Å². The normalized spacial score (nSPS) is 13.8. The van der Waals surface area contributed by atoms with Crippen LogP contribution in [0.3, 0.4) is 0 Å². The van der Waals surface area contributed by atoms with Crippen molar-refractivity contribution in [3.05, 3.63) is 119 Å². The molecule has 0 saturated carbocycles. The molecule has 0 aliphatic carbocycles. The Bertz CT molecular complexity index is 1270. The molecule has 186 valence electrons. The highest BCUT2D eigenvalue weighted by Gasteiger charge is 2.47. The van der Waals surface area contributed by atoms with Crippen molar-refractivity contribution in [3.8, 4) is 0 Å². The first-order valence-electron chi connectivity index (χ1n) is 12.6. The van der Waals surface area contributed by atoms with E-state index in [4.69, 9.17) is 0 Å². The Morgan fingerprint density at radius 2 is 0.611 bits per heavy atom. The zero-order valence-corrected chi connectivity index (χ0v) is 23.9. The number of hydrogen-bond donors (Lipinski definition) is 0. The highest BCUT2D eigenvalue weighted by atomic mass is 31.2. The zero-order chi connectivity index (χ0) is 26.1. The summed E-state index contributed by atoms with van der Waals surface area (Å²) < 4.78 is 31.1. The minimum Gasteiger partial charge on any atom is -0.313 e. The van der Waals surface area contributed by atoms with Crippen LogP contribution < -0.4 is 21.2 Å². The van der Waals surface area contributed by atoms with Crippen LogP contribution >= 0.6 is 14.3 Å². The fraction of sp³-hybridized carbons (Fsp3) is 0.250. The summed E-state index contributed by atoms with van der Waals surface area (Å²) in [4.78, 5) is 0. The predicted octanol–water partition coefficient (Wildman–Crippen LogP) is 7.03. The van der Waals surface area contributed by atoms with E-state index >= 15 is 9.13 Å². The predicted molar refractivity (Wildman–Crippen MR) is 157 cm³/mol. The van der Waals surface area contributed by atoms with Gasteiger partial charge in [0.05, 0.1) is 0 Å². The van der Waals surface area contributed by atoms with E-state index in [-0.39, 0.29) is 11.3 Å². The fourth-order valence-electron chi connectivity index (χ4n) is 5.49. The van der Waals surface area contributed by atoms with Crippen molar-refractivity contribution in [2.45, 2.75) is 52.9 Å². The molecule has 0 fully saturated rings. The van der Waals surface area contributed by atoms with E-state index in [1.54, 1.807) is 0 Å². The van der Waals surface area contributed by atoms with Crippen LogP contribution in [0, 0.1) is 27.7 Å². The summed E-state index contributed by atoms with van der Waals surface area (Å²) >= 11 is 0. The molecule has 0 heterocycles. The van der Waals surface area contributed by atoms with Crippen LogP contribution in [0.25, 0.3) is 0 Å². The second-order valence-corrected chi connectivity index (χ2v) is 16.1. The van der Waals surface area contributed by atoms with E-state index < -0.39 is 14.3 Å². The molecule has 2 atom stereocenters. The summed E-state index contributed by atoms with van der Waals surface area (Å²) in [6.45, 7) is 12.2. The quantitative estimate of drug-likeness (QED) is 0.248. The van der Waals surface area contributed by atoms with Gasteiger partial charge in [0, 0.05) is 32.5 Å². The summed E-state index contributed by atoms with van der Waals surface area (Å²) in [5, 5.41) is 3.44. The van der Waals surface area contributed by atoms with Gasteiger partial charge in [0.15, 0.2) is 0 Å². The van der Waals surface area contributed by atoms with Gasteiger partial charge in [-0.25, -0.2) is 0 Å². The number of rotatable bonds is 7. The van der Waals surface area contributed by atoms with Crippen molar-refractivity contribution in [2.75, 3.05) is 0 Å². The third-order valence-corrected chi connectivity index (χ3v) is 16.0. The van der Waals surface area contributed by atoms with Crippen LogP contribution in [0.4, 0.5) is 0 Å². The minimum absolute atomic E-state index is 0.357. The summed E-state index contributed by atoms with van der Waals surface area (Å²) in [5.41, 5.74) is 3.30. The van der Waals surface area contributed by atoms with Gasteiger partial charge in [-0.3, -0.25) is 0 Å². The van der Waals surface area contributed by atoms with E-state index in [2.05, 4.69) is 0 Å². The molecule has 2 nitrogen and oxygen atoms in total. The van der Waals surface area contributed by atoms with E-state index in [1.165, 1.54) is 0 Å². The molecule has 0 radical (unpaired) electrons. The highest BCUT2D eigenvalue weighted by Crippen LogP contribution is 2.61. The summed E-state index contributed by atoms with van der Waals surface area (Å²) in [5.74, 6) is 0. The third kappa shape index (κ3) is 4.36. The highest BCUT2D eigenvalue weighted by molar-refractivity contribution is 7.83. The lowest BCUT2D eigenvalue weighted by Crippen LogP contribution is -2.38. The van der Waals surface area contributed by atoms with E-state index in [0.29, 0.717) is 0 Å². The maximum atomic E-state index is 15.6. The molecule has 0 aliphatic rings. The van der Waals surface area contributed by atoms with E-state index in [1.807, 2.05) is 139 Å². The Labute approximate surface area is 216 Å². The lowest BCUT2D eigenvalue weighted by Gasteiger charge is -2.37. The minimum atomic E-state index is -3.19. The largest absolute Gasteiger partial charge is 0.313 e. The second-order valence-electron chi connectivity index (χ2n) is 9.94. The van der Waals surface area contributed by atoms with Gasteiger partial charge < -0.3 is 9.13 Å². The average molecular weight is 515 g/mol. The summed E-state index contributed by atoms with van der Waals surface area (Å²) in [6.07, 6.45) is 0. The van der Waals surface area contributed by atoms with Crippen LogP contribution in [0.2, 0.25) is 0 Å². The fourth-order valence-corrected chi connectivity index (χ4v) is 13.7.